The van der Waals surface area contributed by atoms with Crippen molar-refractivity contribution in [3.8, 4) is 0 Å². The number of nitrogens with zero attached hydrogens (tertiary/aromatic N) is 1. The minimum Gasteiger partial charge on any atom is -0.465 e. The van der Waals surface area contributed by atoms with Crippen LogP contribution in [0.25, 0.3) is 0 Å². The van der Waals surface area contributed by atoms with Gasteiger partial charge < -0.3 is 25.4 Å². The highest BCUT2D eigenvalue weighted by Gasteiger charge is 2.27. The van der Waals surface area contributed by atoms with Gasteiger partial charge in [0.1, 0.15) is 5.60 Å². The first kappa shape index (κ1) is 18.5. The summed E-state index contributed by atoms with van der Waals surface area (Å²) in [7, 11) is 0. The van der Waals surface area contributed by atoms with E-state index in [4.69, 9.17) is 9.84 Å². The Kier molecular flexibility index (Phi) is 6.05. The van der Waals surface area contributed by atoms with Gasteiger partial charge in [-0.05, 0) is 47.5 Å². The lowest BCUT2D eigenvalue weighted by Gasteiger charge is -2.34. The summed E-state index contributed by atoms with van der Waals surface area (Å²) in [6.45, 7) is 10.9. The van der Waals surface area contributed by atoms with Gasteiger partial charge in [-0.2, -0.15) is 0 Å². The van der Waals surface area contributed by atoms with E-state index >= 15 is 0 Å². The molecule has 2 amide bonds. The molecule has 1 heterocycles. The fourth-order valence-corrected chi connectivity index (χ4v) is 2.34. The molecular weight excluding hydrogens is 286 g/mol. The fourth-order valence-electron chi connectivity index (χ4n) is 2.34. The van der Waals surface area contributed by atoms with Crippen molar-refractivity contribution in [2.24, 2.45) is 0 Å². The monoisotopic (exact) mass is 315 g/mol. The first-order chi connectivity index (χ1) is 9.98. The van der Waals surface area contributed by atoms with E-state index in [0.29, 0.717) is 19.6 Å². The van der Waals surface area contributed by atoms with Crippen LogP contribution in [0.5, 0.6) is 0 Å². The lowest BCUT2D eigenvalue weighted by molar-refractivity contribution is 0.0469. The van der Waals surface area contributed by atoms with E-state index in [0.717, 1.165) is 12.8 Å². The highest BCUT2D eigenvalue weighted by Crippen LogP contribution is 2.12. The molecule has 0 aromatic carbocycles. The van der Waals surface area contributed by atoms with Gasteiger partial charge in [0, 0.05) is 25.7 Å². The van der Waals surface area contributed by atoms with Crippen LogP contribution in [0.4, 0.5) is 9.59 Å². The minimum absolute atomic E-state index is 0.115. The summed E-state index contributed by atoms with van der Waals surface area (Å²) in [5, 5.41) is 15.2. The number of ether oxygens (including phenoxy) is 1. The molecule has 128 valence electrons. The van der Waals surface area contributed by atoms with Gasteiger partial charge in [-0.15, -0.1) is 0 Å². The van der Waals surface area contributed by atoms with Gasteiger partial charge >= 0.3 is 12.2 Å². The molecule has 1 rings (SSSR count). The molecule has 7 nitrogen and oxygen atoms in total. The normalized spacial score (nSPS) is 19.7. The summed E-state index contributed by atoms with van der Waals surface area (Å²) < 4.78 is 5.25. The summed E-state index contributed by atoms with van der Waals surface area (Å²) in [6, 6.07) is 0.115. The second kappa shape index (κ2) is 7.17. The van der Waals surface area contributed by atoms with Gasteiger partial charge in [-0.25, -0.2) is 9.59 Å². The largest absolute Gasteiger partial charge is 0.465 e. The van der Waals surface area contributed by atoms with Crippen LogP contribution >= 0.6 is 0 Å². The SMILES string of the molecule is CC(C)(CNC1CCCN(C(=O)O)C1)NC(=O)OC(C)(C)C. The van der Waals surface area contributed by atoms with E-state index in [1.807, 2.05) is 34.6 Å². The number of amides is 2. The average molecular weight is 315 g/mol. The number of carbonyl (C=O) groups is 2. The molecule has 0 radical (unpaired) electrons. The third-order valence-electron chi connectivity index (χ3n) is 3.36. The van der Waals surface area contributed by atoms with Crippen molar-refractivity contribution < 1.29 is 19.4 Å². The molecule has 0 aromatic heterocycles. The van der Waals surface area contributed by atoms with Crippen LogP contribution in [0.3, 0.4) is 0 Å². The van der Waals surface area contributed by atoms with Crippen LogP contribution in [0.2, 0.25) is 0 Å². The van der Waals surface area contributed by atoms with Crippen molar-refractivity contribution in [1.29, 1.82) is 0 Å². The molecular formula is C15H29N3O4. The van der Waals surface area contributed by atoms with Crippen LogP contribution in [-0.2, 0) is 4.74 Å². The summed E-state index contributed by atoms with van der Waals surface area (Å²) in [5.41, 5.74) is -1.01. The van der Waals surface area contributed by atoms with Crippen molar-refractivity contribution in [3.05, 3.63) is 0 Å². The van der Waals surface area contributed by atoms with E-state index in [2.05, 4.69) is 10.6 Å². The number of carboxylic acid groups (broad SMARTS) is 1. The second-order valence-corrected chi connectivity index (χ2v) is 7.46. The third kappa shape index (κ3) is 6.98. The van der Waals surface area contributed by atoms with E-state index in [9.17, 15) is 9.59 Å². The minimum atomic E-state index is -0.877. The quantitative estimate of drug-likeness (QED) is 0.738. The van der Waals surface area contributed by atoms with Crippen LogP contribution in [-0.4, -0.2) is 59.0 Å². The van der Waals surface area contributed by atoms with Crippen molar-refractivity contribution in [1.82, 2.24) is 15.5 Å². The van der Waals surface area contributed by atoms with Crippen molar-refractivity contribution in [3.63, 3.8) is 0 Å². The lowest BCUT2D eigenvalue weighted by Crippen LogP contribution is -2.56. The number of alkyl carbamates (subject to hydrolysis) is 1. The average Bonchev–Trinajstić information content (AvgIpc) is 2.33. The molecule has 3 N–H and O–H groups in total. The van der Waals surface area contributed by atoms with E-state index in [1.54, 1.807) is 0 Å². The molecule has 1 atom stereocenters. The highest BCUT2D eigenvalue weighted by molar-refractivity contribution is 5.68. The number of likely N-dealkylation sites (tertiary alicyclic amines) is 1. The number of piperidine rings is 1. The number of hydrogen-bond acceptors (Lipinski definition) is 4. The molecule has 1 aliphatic heterocycles. The summed E-state index contributed by atoms with van der Waals surface area (Å²) in [4.78, 5) is 24.2. The maximum atomic E-state index is 11.8. The standard InChI is InChI=1S/C15H29N3O4/c1-14(2,3)22-12(19)17-15(4,5)10-16-11-7-6-8-18(9-11)13(20)21/h11,16H,6-10H2,1-5H3,(H,17,19)(H,20,21). The topological polar surface area (TPSA) is 90.9 Å². The zero-order valence-corrected chi connectivity index (χ0v) is 14.2. The van der Waals surface area contributed by atoms with Gasteiger partial charge in [-0.1, -0.05) is 0 Å². The summed E-state index contributed by atoms with van der Waals surface area (Å²) in [6.07, 6.45) is 0.462. The molecule has 0 aromatic rings. The van der Waals surface area contributed by atoms with Crippen LogP contribution < -0.4 is 10.6 Å². The van der Waals surface area contributed by atoms with E-state index in [1.165, 1.54) is 4.90 Å². The van der Waals surface area contributed by atoms with Crippen molar-refractivity contribution in [2.45, 2.75) is 64.6 Å². The lowest BCUT2D eigenvalue weighted by atomic mass is 10.0. The Bertz CT molecular complexity index is 404. The Morgan fingerprint density at radius 1 is 1.27 bits per heavy atom. The summed E-state index contributed by atoms with van der Waals surface area (Å²) in [5.74, 6) is 0. The zero-order chi connectivity index (χ0) is 17.0. The zero-order valence-electron chi connectivity index (χ0n) is 14.2. The van der Waals surface area contributed by atoms with E-state index < -0.39 is 23.3 Å². The van der Waals surface area contributed by atoms with Crippen LogP contribution in [0.15, 0.2) is 0 Å². The van der Waals surface area contributed by atoms with Gasteiger partial charge in [0.15, 0.2) is 0 Å². The molecule has 1 aliphatic rings. The van der Waals surface area contributed by atoms with E-state index in [-0.39, 0.29) is 6.04 Å². The third-order valence-corrected chi connectivity index (χ3v) is 3.36. The number of hydrogen-bond donors (Lipinski definition) is 3. The maximum Gasteiger partial charge on any atom is 0.408 e. The molecule has 0 spiro atoms. The predicted molar refractivity (Wildman–Crippen MR) is 84.1 cm³/mol. The van der Waals surface area contributed by atoms with Crippen molar-refractivity contribution >= 4 is 12.2 Å². The smallest absolute Gasteiger partial charge is 0.408 e. The predicted octanol–water partition coefficient (Wildman–Crippen LogP) is 2.02. The first-order valence-corrected chi connectivity index (χ1v) is 7.71. The van der Waals surface area contributed by atoms with Gasteiger partial charge in [0.25, 0.3) is 0 Å². The molecule has 1 fully saturated rings. The number of rotatable bonds is 4. The Morgan fingerprint density at radius 3 is 2.45 bits per heavy atom. The van der Waals surface area contributed by atoms with Gasteiger partial charge in [0.2, 0.25) is 0 Å². The highest BCUT2D eigenvalue weighted by atomic mass is 16.6. The fraction of sp³-hybridized carbons (Fsp3) is 0.867. The Balaban J connectivity index is 2.41. The summed E-state index contributed by atoms with van der Waals surface area (Å²) >= 11 is 0. The molecule has 0 saturated carbocycles. The number of nitrogens with one attached hydrogen (secondary N) is 2. The Morgan fingerprint density at radius 2 is 1.91 bits per heavy atom. The Labute approximate surface area is 132 Å². The molecule has 1 saturated heterocycles. The molecule has 22 heavy (non-hydrogen) atoms. The second-order valence-electron chi connectivity index (χ2n) is 7.46. The van der Waals surface area contributed by atoms with Gasteiger partial charge in [0.05, 0.1) is 5.54 Å². The number of carbonyl (C=O) groups excluding carboxylic acids is 1. The molecule has 0 bridgehead atoms. The molecule has 1 unspecified atom stereocenters. The van der Waals surface area contributed by atoms with Crippen LogP contribution in [0.1, 0.15) is 47.5 Å². The van der Waals surface area contributed by atoms with Crippen molar-refractivity contribution in [2.75, 3.05) is 19.6 Å². The Hall–Kier alpha value is -1.50. The maximum absolute atomic E-state index is 11.8. The molecule has 0 aliphatic carbocycles. The first-order valence-electron chi connectivity index (χ1n) is 7.71. The molecule has 7 heteroatoms. The van der Waals surface area contributed by atoms with Crippen LogP contribution in [0, 0.1) is 0 Å². The van der Waals surface area contributed by atoms with Gasteiger partial charge in [-0.3, -0.25) is 0 Å².